The summed E-state index contributed by atoms with van der Waals surface area (Å²) in [5.74, 6) is -1.22. The lowest BCUT2D eigenvalue weighted by Gasteiger charge is -2.24. The predicted octanol–water partition coefficient (Wildman–Crippen LogP) is 2.66. The zero-order chi connectivity index (χ0) is 17.0. The van der Waals surface area contributed by atoms with Crippen LogP contribution in [-0.2, 0) is 21.2 Å². The van der Waals surface area contributed by atoms with E-state index >= 15 is 0 Å². The molecule has 1 N–H and O–H groups in total. The topological polar surface area (TPSA) is 74.7 Å². The van der Waals surface area contributed by atoms with Crippen molar-refractivity contribution in [2.45, 2.75) is 17.4 Å². The predicted molar refractivity (Wildman–Crippen MR) is 88.0 cm³/mol. The summed E-state index contributed by atoms with van der Waals surface area (Å²) < 4.78 is 26.0. The number of carboxylic acids is 1. The van der Waals surface area contributed by atoms with Gasteiger partial charge >= 0.3 is 5.97 Å². The van der Waals surface area contributed by atoms with Crippen LogP contribution in [0.25, 0.3) is 0 Å². The molecule has 5 nitrogen and oxygen atoms in total. The first-order valence-electron chi connectivity index (χ1n) is 6.82. The summed E-state index contributed by atoms with van der Waals surface area (Å²) in [4.78, 5) is 11.6. The molecule has 0 aliphatic carbocycles. The van der Waals surface area contributed by atoms with Crippen molar-refractivity contribution < 1.29 is 18.3 Å². The van der Waals surface area contributed by atoms with Gasteiger partial charge in [-0.05, 0) is 36.2 Å². The molecule has 0 radical (unpaired) electrons. The number of aliphatic carboxylic acids is 1. The summed E-state index contributed by atoms with van der Waals surface area (Å²) >= 11 is 5.89. The molecule has 0 bridgehead atoms. The molecule has 0 aliphatic heterocycles. The zero-order valence-corrected chi connectivity index (χ0v) is 14.0. The van der Waals surface area contributed by atoms with Crippen molar-refractivity contribution in [1.29, 1.82) is 0 Å². The Morgan fingerprint density at radius 3 is 2.39 bits per heavy atom. The number of hydrogen-bond donors (Lipinski definition) is 1. The van der Waals surface area contributed by atoms with E-state index < -0.39 is 22.0 Å². The molecular weight excluding hydrogens is 338 g/mol. The third kappa shape index (κ3) is 4.10. The SMILES string of the molecule is CN([C@@H](Cc1cccc(Cl)c1)C(=O)O)S(=O)(=O)c1ccccc1. The minimum atomic E-state index is -3.89. The van der Waals surface area contributed by atoms with Crippen LogP contribution < -0.4 is 0 Å². The fraction of sp³-hybridized carbons (Fsp3) is 0.188. The minimum Gasteiger partial charge on any atom is -0.480 e. The Labute approximate surface area is 140 Å². The molecule has 2 aromatic carbocycles. The van der Waals surface area contributed by atoms with Crippen LogP contribution in [-0.4, -0.2) is 36.9 Å². The van der Waals surface area contributed by atoms with Crippen molar-refractivity contribution in [2.75, 3.05) is 7.05 Å². The Hall–Kier alpha value is -1.89. The van der Waals surface area contributed by atoms with Crippen LogP contribution in [0.3, 0.4) is 0 Å². The van der Waals surface area contributed by atoms with Gasteiger partial charge in [0.25, 0.3) is 0 Å². The quantitative estimate of drug-likeness (QED) is 0.866. The number of sulfonamides is 1. The fourth-order valence-electron chi connectivity index (χ4n) is 2.18. The van der Waals surface area contributed by atoms with E-state index in [0.717, 1.165) is 4.31 Å². The molecule has 0 spiro atoms. The Morgan fingerprint density at radius 2 is 1.83 bits per heavy atom. The van der Waals surface area contributed by atoms with E-state index in [9.17, 15) is 18.3 Å². The normalized spacial score (nSPS) is 13.0. The van der Waals surface area contributed by atoms with Gasteiger partial charge in [-0.25, -0.2) is 8.42 Å². The van der Waals surface area contributed by atoms with Crippen LogP contribution in [0.4, 0.5) is 0 Å². The van der Waals surface area contributed by atoms with Gasteiger partial charge < -0.3 is 5.11 Å². The molecule has 0 aromatic heterocycles. The number of nitrogens with zero attached hydrogens (tertiary/aromatic N) is 1. The highest BCUT2D eigenvalue weighted by Crippen LogP contribution is 2.20. The molecule has 0 amide bonds. The van der Waals surface area contributed by atoms with Crippen LogP contribution in [0.15, 0.2) is 59.5 Å². The second kappa shape index (κ2) is 7.12. The third-order valence-corrected chi connectivity index (χ3v) is 5.58. The number of hydrogen-bond acceptors (Lipinski definition) is 3. The van der Waals surface area contributed by atoms with E-state index in [4.69, 9.17) is 11.6 Å². The first-order valence-corrected chi connectivity index (χ1v) is 8.64. The van der Waals surface area contributed by atoms with Gasteiger partial charge in [-0.3, -0.25) is 4.79 Å². The molecule has 0 heterocycles. The third-order valence-electron chi connectivity index (χ3n) is 3.46. The Morgan fingerprint density at radius 1 is 1.17 bits per heavy atom. The van der Waals surface area contributed by atoms with Crippen molar-refractivity contribution in [2.24, 2.45) is 0 Å². The van der Waals surface area contributed by atoms with Crippen molar-refractivity contribution in [1.82, 2.24) is 4.31 Å². The highest BCUT2D eigenvalue weighted by Gasteiger charge is 2.32. The molecule has 2 rings (SSSR count). The Bertz CT molecular complexity index is 793. The molecule has 2 aromatic rings. The monoisotopic (exact) mass is 353 g/mol. The molecule has 0 saturated heterocycles. The van der Waals surface area contributed by atoms with E-state index in [0.29, 0.717) is 10.6 Å². The summed E-state index contributed by atoms with van der Waals surface area (Å²) in [7, 11) is -2.62. The van der Waals surface area contributed by atoms with Crippen LogP contribution in [0.2, 0.25) is 5.02 Å². The van der Waals surface area contributed by atoms with Crippen molar-refractivity contribution in [3.63, 3.8) is 0 Å². The average molecular weight is 354 g/mol. The zero-order valence-electron chi connectivity index (χ0n) is 12.4. The summed E-state index contributed by atoms with van der Waals surface area (Å²) in [6, 6.07) is 13.2. The molecule has 0 unspecified atom stereocenters. The smallest absolute Gasteiger partial charge is 0.322 e. The minimum absolute atomic E-state index is 0.0262. The second-order valence-corrected chi connectivity index (χ2v) is 7.46. The van der Waals surface area contributed by atoms with E-state index in [2.05, 4.69) is 0 Å². The number of carboxylic acid groups (broad SMARTS) is 1. The van der Waals surface area contributed by atoms with E-state index in [1.807, 2.05) is 0 Å². The molecule has 0 aliphatic rings. The van der Waals surface area contributed by atoms with E-state index in [1.165, 1.54) is 19.2 Å². The lowest BCUT2D eigenvalue weighted by Crippen LogP contribution is -2.43. The van der Waals surface area contributed by atoms with Gasteiger partial charge in [0.2, 0.25) is 10.0 Å². The maximum Gasteiger partial charge on any atom is 0.322 e. The van der Waals surface area contributed by atoms with Crippen LogP contribution >= 0.6 is 11.6 Å². The van der Waals surface area contributed by atoms with Gasteiger partial charge in [-0.15, -0.1) is 0 Å². The lowest BCUT2D eigenvalue weighted by atomic mass is 10.1. The van der Waals surface area contributed by atoms with Gasteiger partial charge in [0.15, 0.2) is 0 Å². The summed E-state index contributed by atoms with van der Waals surface area (Å²) in [5.41, 5.74) is 0.653. The molecule has 23 heavy (non-hydrogen) atoms. The van der Waals surface area contributed by atoms with Crippen LogP contribution in [0.5, 0.6) is 0 Å². The largest absolute Gasteiger partial charge is 0.480 e. The highest BCUT2D eigenvalue weighted by molar-refractivity contribution is 7.89. The van der Waals surface area contributed by atoms with Crippen LogP contribution in [0, 0.1) is 0 Å². The van der Waals surface area contributed by atoms with Crippen molar-refractivity contribution in [3.05, 3.63) is 65.2 Å². The average Bonchev–Trinajstić information content (AvgIpc) is 2.52. The molecule has 7 heteroatoms. The number of benzene rings is 2. The standard InChI is InChI=1S/C16H16ClNO4S/c1-18(23(21,22)14-8-3-2-4-9-14)15(16(19)20)11-12-6-5-7-13(17)10-12/h2-10,15H,11H2,1H3,(H,19,20)/t15-/m0/s1. The van der Waals surface area contributed by atoms with Gasteiger partial charge in [0.1, 0.15) is 6.04 Å². The maximum atomic E-state index is 12.6. The van der Waals surface area contributed by atoms with Crippen molar-refractivity contribution >= 4 is 27.6 Å². The second-order valence-electron chi connectivity index (χ2n) is 5.02. The molecular formula is C16H16ClNO4S. The number of rotatable bonds is 6. The van der Waals surface area contributed by atoms with E-state index in [1.54, 1.807) is 42.5 Å². The number of carbonyl (C=O) groups is 1. The number of halogens is 1. The molecule has 0 fully saturated rings. The molecule has 1 atom stereocenters. The molecule has 0 saturated carbocycles. The lowest BCUT2D eigenvalue weighted by molar-refractivity contribution is -0.141. The van der Waals surface area contributed by atoms with Gasteiger partial charge in [0.05, 0.1) is 4.90 Å². The molecule has 122 valence electrons. The fourth-order valence-corrected chi connectivity index (χ4v) is 3.73. The van der Waals surface area contributed by atoms with Gasteiger partial charge in [-0.1, -0.05) is 41.9 Å². The number of likely N-dealkylation sites (N-methyl/N-ethyl adjacent to an activating group) is 1. The first-order chi connectivity index (χ1) is 10.8. The summed E-state index contributed by atoms with van der Waals surface area (Å²) in [6.45, 7) is 0. The van der Waals surface area contributed by atoms with Gasteiger partial charge in [-0.2, -0.15) is 4.31 Å². The van der Waals surface area contributed by atoms with Crippen LogP contribution in [0.1, 0.15) is 5.56 Å². The first kappa shape index (κ1) is 17.5. The Balaban J connectivity index is 2.32. The summed E-state index contributed by atoms with van der Waals surface area (Å²) in [5, 5.41) is 9.92. The van der Waals surface area contributed by atoms with Crippen molar-refractivity contribution in [3.8, 4) is 0 Å². The van der Waals surface area contributed by atoms with Gasteiger partial charge in [0, 0.05) is 12.1 Å². The Kier molecular flexibility index (Phi) is 5.41. The summed E-state index contributed by atoms with van der Waals surface area (Å²) in [6.07, 6.45) is 0.0262. The highest BCUT2D eigenvalue weighted by atomic mass is 35.5. The maximum absolute atomic E-state index is 12.6. The van der Waals surface area contributed by atoms with E-state index in [-0.39, 0.29) is 11.3 Å².